The predicted octanol–water partition coefficient (Wildman–Crippen LogP) is 1.90. The molecule has 150 valence electrons. The highest BCUT2D eigenvalue weighted by atomic mass is 16.3. The zero-order valence-corrected chi connectivity index (χ0v) is 15.9. The summed E-state index contributed by atoms with van der Waals surface area (Å²) in [4.78, 5) is 25.6. The Kier molecular flexibility index (Phi) is 4.44. The second-order valence-electron chi connectivity index (χ2n) is 7.98. The van der Waals surface area contributed by atoms with Crippen LogP contribution in [0, 0.1) is 11.3 Å². The number of likely N-dealkylation sites (tertiary alicyclic amines) is 2. The third-order valence-corrected chi connectivity index (χ3v) is 6.05. The number of hydrogen-bond acceptors (Lipinski definition) is 7. The van der Waals surface area contributed by atoms with E-state index in [4.69, 9.17) is 8.83 Å². The Balaban J connectivity index is 1.25. The number of aromatic nitrogens is 2. The molecule has 29 heavy (non-hydrogen) atoms. The van der Waals surface area contributed by atoms with Crippen LogP contribution in [-0.2, 0) is 6.54 Å². The number of aliphatic hydroxyl groups excluding tert-OH is 1. The molecule has 0 radical (unpaired) electrons. The number of amides is 1. The van der Waals surface area contributed by atoms with Crippen molar-refractivity contribution >= 4 is 5.91 Å². The predicted molar refractivity (Wildman–Crippen MR) is 103 cm³/mol. The van der Waals surface area contributed by atoms with Gasteiger partial charge in [-0.1, -0.05) is 0 Å². The molecule has 3 aromatic heterocycles. The first kappa shape index (κ1) is 18.1. The molecular weight excluding hydrogens is 372 g/mol. The number of carbonyl (C=O) groups excluding carboxylic acids is 1. The molecule has 0 bridgehead atoms. The first-order valence-electron chi connectivity index (χ1n) is 9.66. The molecular formula is C21H22N4O4. The summed E-state index contributed by atoms with van der Waals surface area (Å²) in [5.41, 5.74) is 1.29. The molecule has 5 heterocycles. The van der Waals surface area contributed by atoms with E-state index in [0.717, 1.165) is 18.7 Å². The maximum Gasteiger partial charge on any atom is 0.257 e. The Morgan fingerprint density at radius 2 is 2.07 bits per heavy atom. The van der Waals surface area contributed by atoms with Crippen molar-refractivity contribution in [2.24, 2.45) is 11.3 Å². The van der Waals surface area contributed by atoms with Gasteiger partial charge in [0, 0.05) is 56.1 Å². The Hall–Kier alpha value is -2.97. The van der Waals surface area contributed by atoms with Crippen LogP contribution in [0.15, 0.2) is 58.2 Å². The Morgan fingerprint density at radius 3 is 2.72 bits per heavy atom. The van der Waals surface area contributed by atoms with E-state index < -0.39 is 0 Å². The van der Waals surface area contributed by atoms with Gasteiger partial charge in [0.1, 0.15) is 6.26 Å². The van der Waals surface area contributed by atoms with Gasteiger partial charge in [-0.15, -0.1) is 0 Å². The lowest BCUT2D eigenvalue weighted by Gasteiger charge is -2.27. The lowest BCUT2D eigenvalue weighted by Crippen LogP contribution is -2.38. The van der Waals surface area contributed by atoms with E-state index in [-0.39, 0.29) is 23.8 Å². The number of aliphatic hydroxyl groups is 1. The van der Waals surface area contributed by atoms with E-state index in [1.54, 1.807) is 12.3 Å². The van der Waals surface area contributed by atoms with Crippen molar-refractivity contribution in [3.8, 4) is 11.6 Å². The molecule has 0 aliphatic carbocycles. The molecule has 1 N–H and O–H groups in total. The third-order valence-electron chi connectivity index (χ3n) is 6.05. The van der Waals surface area contributed by atoms with E-state index >= 15 is 0 Å². The molecule has 8 heteroatoms. The lowest BCUT2D eigenvalue weighted by molar-refractivity contribution is 0.0718. The molecule has 0 spiro atoms. The van der Waals surface area contributed by atoms with Crippen molar-refractivity contribution in [3.05, 3.63) is 60.5 Å². The third kappa shape index (κ3) is 3.24. The highest BCUT2D eigenvalue weighted by molar-refractivity contribution is 5.94. The van der Waals surface area contributed by atoms with Gasteiger partial charge >= 0.3 is 0 Å². The number of fused-ring (bicyclic) bond motifs is 1. The van der Waals surface area contributed by atoms with Crippen molar-refractivity contribution < 1.29 is 18.7 Å². The summed E-state index contributed by atoms with van der Waals surface area (Å²) in [7, 11) is 0. The van der Waals surface area contributed by atoms with Gasteiger partial charge in [-0.25, -0.2) is 9.97 Å². The van der Waals surface area contributed by atoms with Gasteiger partial charge in [-0.05, 0) is 24.1 Å². The molecule has 2 saturated heterocycles. The maximum absolute atomic E-state index is 12.6. The molecule has 2 fully saturated rings. The maximum atomic E-state index is 12.6. The summed E-state index contributed by atoms with van der Waals surface area (Å²) >= 11 is 0. The smallest absolute Gasteiger partial charge is 0.257 e. The average molecular weight is 394 g/mol. The fourth-order valence-corrected chi connectivity index (χ4v) is 4.59. The van der Waals surface area contributed by atoms with Crippen LogP contribution in [0.3, 0.4) is 0 Å². The average Bonchev–Trinajstić information content (AvgIpc) is 3.51. The second-order valence-corrected chi connectivity index (χ2v) is 7.98. The molecule has 3 aromatic rings. The number of hydrogen-bond donors (Lipinski definition) is 1. The van der Waals surface area contributed by atoms with Gasteiger partial charge in [-0.3, -0.25) is 9.69 Å². The molecule has 8 nitrogen and oxygen atoms in total. The molecule has 5 rings (SSSR count). The lowest BCUT2D eigenvalue weighted by atomic mass is 9.82. The quantitative estimate of drug-likeness (QED) is 0.706. The molecule has 0 saturated carbocycles. The monoisotopic (exact) mass is 394 g/mol. The van der Waals surface area contributed by atoms with Crippen molar-refractivity contribution in [1.29, 1.82) is 0 Å². The normalized spacial score (nSPS) is 24.2. The van der Waals surface area contributed by atoms with Crippen LogP contribution in [0.2, 0.25) is 0 Å². The molecule has 1 amide bonds. The van der Waals surface area contributed by atoms with E-state index in [1.807, 2.05) is 29.4 Å². The summed E-state index contributed by atoms with van der Waals surface area (Å²) in [5, 5.41) is 10.2. The summed E-state index contributed by atoms with van der Waals surface area (Å²) in [6, 6.07) is 5.32. The summed E-state index contributed by atoms with van der Waals surface area (Å²) in [6.45, 7) is 3.56. The highest BCUT2D eigenvalue weighted by Crippen LogP contribution is 2.43. The summed E-state index contributed by atoms with van der Waals surface area (Å²) in [6.07, 6.45) is 8.22. The van der Waals surface area contributed by atoms with Gasteiger partial charge < -0.3 is 18.8 Å². The van der Waals surface area contributed by atoms with E-state index in [0.29, 0.717) is 36.8 Å². The fourth-order valence-electron chi connectivity index (χ4n) is 4.59. The summed E-state index contributed by atoms with van der Waals surface area (Å²) < 4.78 is 10.4. The number of nitrogens with zero attached hydrogens (tertiary/aromatic N) is 4. The first-order chi connectivity index (χ1) is 14.2. The van der Waals surface area contributed by atoms with Crippen LogP contribution in [0.5, 0.6) is 0 Å². The van der Waals surface area contributed by atoms with Crippen molar-refractivity contribution in [1.82, 2.24) is 19.8 Å². The standard InChI is InChI=1S/C21H22N4O4/c26-14-21-12-24(8-15-6-22-19(23-7-15)18-2-1-4-29-18)9-17(21)10-25(13-21)20(27)16-3-5-28-11-16/h1-7,11,17,26H,8-10,12-14H2/t17-,21+/m0/s1. The Morgan fingerprint density at radius 1 is 1.21 bits per heavy atom. The van der Waals surface area contributed by atoms with Crippen LogP contribution in [0.25, 0.3) is 11.6 Å². The van der Waals surface area contributed by atoms with Crippen molar-refractivity contribution in [2.75, 3.05) is 32.8 Å². The molecule has 2 atom stereocenters. The largest absolute Gasteiger partial charge is 0.472 e. The summed E-state index contributed by atoms with van der Waals surface area (Å²) in [5.74, 6) is 1.42. The van der Waals surface area contributed by atoms with E-state index in [1.165, 1.54) is 12.5 Å². The van der Waals surface area contributed by atoms with Crippen LogP contribution in [0.4, 0.5) is 0 Å². The van der Waals surface area contributed by atoms with Crippen molar-refractivity contribution in [3.63, 3.8) is 0 Å². The fraction of sp³-hybridized carbons (Fsp3) is 0.381. The van der Waals surface area contributed by atoms with Crippen LogP contribution in [-0.4, -0.2) is 63.6 Å². The minimum absolute atomic E-state index is 0.0329. The van der Waals surface area contributed by atoms with Gasteiger partial charge in [0.05, 0.1) is 24.7 Å². The molecule has 0 unspecified atom stereocenters. The molecule has 0 aromatic carbocycles. The van der Waals surface area contributed by atoms with Crippen LogP contribution in [0.1, 0.15) is 15.9 Å². The minimum Gasteiger partial charge on any atom is -0.472 e. The zero-order chi connectivity index (χ0) is 19.8. The van der Waals surface area contributed by atoms with Gasteiger partial charge in [-0.2, -0.15) is 0 Å². The van der Waals surface area contributed by atoms with Gasteiger partial charge in [0.2, 0.25) is 0 Å². The van der Waals surface area contributed by atoms with Gasteiger partial charge in [0.15, 0.2) is 11.6 Å². The number of furan rings is 2. The van der Waals surface area contributed by atoms with E-state index in [2.05, 4.69) is 14.9 Å². The van der Waals surface area contributed by atoms with Gasteiger partial charge in [0.25, 0.3) is 5.91 Å². The SMILES string of the molecule is O=C(c1ccoc1)N1C[C@@H]2CN(Cc3cnc(-c4ccco4)nc3)C[C@]2(CO)C1. The topological polar surface area (TPSA) is 95.8 Å². The van der Waals surface area contributed by atoms with Crippen LogP contribution >= 0.6 is 0 Å². The Bertz CT molecular complexity index is 971. The zero-order valence-electron chi connectivity index (χ0n) is 15.9. The number of rotatable bonds is 5. The number of carbonyl (C=O) groups is 1. The molecule has 2 aliphatic rings. The van der Waals surface area contributed by atoms with Crippen molar-refractivity contribution in [2.45, 2.75) is 6.54 Å². The first-order valence-corrected chi connectivity index (χ1v) is 9.66. The second kappa shape index (κ2) is 7.13. The minimum atomic E-state index is -0.283. The van der Waals surface area contributed by atoms with Crippen LogP contribution < -0.4 is 0 Å². The molecule has 2 aliphatic heterocycles. The Labute approximate surface area is 167 Å². The highest BCUT2D eigenvalue weighted by Gasteiger charge is 2.53. The van der Waals surface area contributed by atoms with E-state index in [9.17, 15) is 9.90 Å².